The molecule has 0 aromatic heterocycles. The van der Waals surface area contributed by atoms with E-state index in [-0.39, 0.29) is 6.23 Å². The van der Waals surface area contributed by atoms with E-state index in [0.717, 1.165) is 38.1 Å². The van der Waals surface area contributed by atoms with E-state index < -0.39 is 0 Å². The first kappa shape index (κ1) is 12.4. The van der Waals surface area contributed by atoms with Gasteiger partial charge in [-0.2, -0.15) is 0 Å². The molecule has 1 heterocycles. The molecule has 0 saturated carbocycles. The van der Waals surface area contributed by atoms with Gasteiger partial charge >= 0.3 is 0 Å². The lowest BCUT2D eigenvalue weighted by Gasteiger charge is -2.31. The number of rotatable bonds is 4. The second-order valence-electron chi connectivity index (χ2n) is 4.61. The van der Waals surface area contributed by atoms with Crippen LogP contribution in [0.3, 0.4) is 0 Å². The molecule has 1 fully saturated rings. The van der Waals surface area contributed by atoms with Crippen molar-refractivity contribution in [2.45, 2.75) is 31.9 Å². The lowest BCUT2D eigenvalue weighted by Crippen LogP contribution is -2.40. The van der Waals surface area contributed by atoms with Crippen LogP contribution in [0.25, 0.3) is 0 Å². The number of methoxy groups -OCH3 is 1. The lowest BCUT2D eigenvalue weighted by atomic mass is 10.1. The fraction of sp³-hybridized carbons (Fsp3) is 0.571. The molecule has 0 bridgehead atoms. The van der Waals surface area contributed by atoms with E-state index >= 15 is 0 Å². The molecule has 1 aromatic rings. The Morgan fingerprint density at radius 1 is 1.29 bits per heavy atom. The minimum absolute atomic E-state index is 0.234. The van der Waals surface area contributed by atoms with E-state index in [1.165, 1.54) is 12.0 Å². The van der Waals surface area contributed by atoms with Gasteiger partial charge in [-0.1, -0.05) is 12.1 Å². The van der Waals surface area contributed by atoms with Crippen LogP contribution in [0.2, 0.25) is 0 Å². The van der Waals surface area contributed by atoms with Gasteiger partial charge in [0.15, 0.2) is 0 Å². The molecule has 2 rings (SSSR count). The molecule has 94 valence electrons. The van der Waals surface area contributed by atoms with E-state index in [1.54, 1.807) is 7.11 Å². The Kier molecular flexibility index (Phi) is 4.40. The second kappa shape index (κ2) is 6.03. The number of aliphatic hydroxyl groups is 1. The van der Waals surface area contributed by atoms with E-state index in [0.29, 0.717) is 0 Å². The number of hydrogen-bond donors (Lipinski definition) is 1. The van der Waals surface area contributed by atoms with Crippen LogP contribution in [0, 0.1) is 0 Å². The normalized spacial score (nSPS) is 21.4. The van der Waals surface area contributed by atoms with E-state index in [4.69, 9.17) is 4.74 Å². The Bertz CT molecular complexity index is 337. The summed E-state index contributed by atoms with van der Waals surface area (Å²) in [6, 6.07) is 8.16. The van der Waals surface area contributed by atoms with Crippen molar-refractivity contribution in [3.63, 3.8) is 0 Å². The summed E-state index contributed by atoms with van der Waals surface area (Å²) in [6.45, 7) is 1.96. The van der Waals surface area contributed by atoms with Crippen LogP contribution in [0.5, 0.6) is 5.75 Å². The number of ether oxygens (including phenoxy) is 1. The summed E-state index contributed by atoms with van der Waals surface area (Å²) in [5.74, 6) is 0.895. The molecule has 1 unspecified atom stereocenters. The average molecular weight is 235 g/mol. The minimum atomic E-state index is -0.234. The van der Waals surface area contributed by atoms with Crippen molar-refractivity contribution in [3.05, 3.63) is 29.8 Å². The molecule has 1 atom stereocenters. The van der Waals surface area contributed by atoms with Crippen molar-refractivity contribution in [1.29, 1.82) is 0 Å². The van der Waals surface area contributed by atoms with Gasteiger partial charge in [-0.25, -0.2) is 0 Å². The summed E-state index contributed by atoms with van der Waals surface area (Å²) in [7, 11) is 1.68. The molecular weight excluding hydrogens is 214 g/mol. The zero-order chi connectivity index (χ0) is 12.1. The average Bonchev–Trinajstić information content (AvgIpc) is 2.38. The quantitative estimate of drug-likeness (QED) is 0.867. The molecule has 0 radical (unpaired) electrons. The molecule has 1 saturated heterocycles. The SMILES string of the molecule is COc1ccc(CCN2CCCCC2O)cc1. The third-order valence-corrected chi connectivity index (χ3v) is 3.43. The van der Waals surface area contributed by atoms with E-state index in [1.807, 2.05) is 12.1 Å². The zero-order valence-corrected chi connectivity index (χ0v) is 10.4. The van der Waals surface area contributed by atoms with Crippen LogP contribution in [-0.2, 0) is 6.42 Å². The van der Waals surface area contributed by atoms with Crippen molar-refractivity contribution < 1.29 is 9.84 Å². The first-order valence-corrected chi connectivity index (χ1v) is 6.34. The van der Waals surface area contributed by atoms with Crippen molar-refractivity contribution in [2.75, 3.05) is 20.2 Å². The van der Waals surface area contributed by atoms with Crippen LogP contribution in [0.1, 0.15) is 24.8 Å². The van der Waals surface area contributed by atoms with Gasteiger partial charge in [-0.05, 0) is 43.4 Å². The Balaban J connectivity index is 1.84. The highest BCUT2D eigenvalue weighted by atomic mass is 16.5. The molecule has 1 N–H and O–H groups in total. The van der Waals surface area contributed by atoms with E-state index in [9.17, 15) is 5.11 Å². The van der Waals surface area contributed by atoms with Gasteiger partial charge in [-0.15, -0.1) is 0 Å². The molecule has 3 nitrogen and oxygen atoms in total. The van der Waals surface area contributed by atoms with Gasteiger partial charge in [-0.3, -0.25) is 4.90 Å². The number of benzene rings is 1. The molecule has 3 heteroatoms. The van der Waals surface area contributed by atoms with Crippen LogP contribution < -0.4 is 4.74 Å². The maximum absolute atomic E-state index is 9.84. The molecule has 0 aliphatic carbocycles. The van der Waals surface area contributed by atoms with Crippen LogP contribution in [0.4, 0.5) is 0 Å². The Morgan fingerprint density at radius 2 is 2.06 bits per heavy atom. The highest BCUT2D eigenvalue weighted by molar-refractivity contribution is 5.27. The molecular formula is C14H21NO2. The summed E-state index contributed by atoms with van der Waals surface area (Å²) in [6.07, 6.45) is 4.03. The Morgan fingerprint density at radius 3 is 2.71 bits per heavy atom. The minimum Gasteiger partial charge on any atom is -0.497 e. The van der Waals surface area contributed by atoms with Crippen molar-refractivity contribution in [2.24, 2.45) is 0 Å². The maximum Gasteiger partial charge on any atom is 0.118 e. The van der Waals surface area contributed by atoms with Crippen LogP contribution >= 0.6 is 0 Å². The molecule has 1 aromatic carbocycles. The smallest absolute Gasteiger partial charge is 0.118 e. The van der Waals surface area contributed by atoms with Gasteiger partial charge < -0.3 is 9.84 Å². The topological polar surface area (TPSA) is 32.7 Å². The Hall–Kier alpha value is -1.06. The third-order valence-electron chi connectivity index (χ3n) is 3.43. The first-order valence-electron chi connectivity index (χ1n) is 6.34. The lowest BCUT2D eigenvalue weighted by molar-refractivity contribution is -0.0227. The van der Waals surface area contributed by atoms with Crippen LogP contribution in [-0.4, -0.2) is 36.4 Å². The number of aliphatic hydroxyl groups excluding tert-OH is 1. The Labute approximate surface area is 103 Å². The molecule has 0 spiro atoms. The fourth-order valence-corrected chi connectivity index (χ4v) is 2.30. The fourth-order valence-electron chi connectivity index (χ4n) is 2.30. The zero-order valence-electron chi connectivity index (χ0n) is 10.4. The molecule has 17 heavy (non-hydrogen) atoms. The monoisotopic (exact) mass is 235 g/mol. The van der Waals surface area contributed by atoms with Crippen LogP contribution in [0.15, 0.2) is 24.3 Å². The highest BCUT2D eigenvalue weighted by Crippen LogP contribution is 2.16. The predicted molar refractivity (Wildman–Crippen MR) is 68.1 cm³/mol. The van der Waals surface area contributed by atoms with Gasteiger partial charge in [0.05, 0.1) is 7.11 Å². The predicted octanol–water partition coefficient (Wildman–Crippen LogP) is 2.04. The number of hydrogen-bond acceptors (Lipinski definition) is 3. The largest absolute Gasteiger partial charge is 0.497 e. The van der Waals surface area contributed by atoms with Crippen molar-refractivity contribution in [1.82, 2.24) is 4.90 Å². The maximum atomic E-state index is 9.84. The number of piperidine rings is 1. The summed E-state index contributed by atoms with van der Waals surface area (Å²) in [4.78, 5) is 2.17. The van der Waals surface area contributed by atoms with E-state index in [2.05, 4.69) is 17.0 Å². The van der Waals surface area contributed by atoms with Crippen molar-refractivity contribution in [3.8, 4) is 5.75 Å². The number of likely N-dealkylation sites (tertiary alicyclic amines) is 1. The van der Waals surface area contributed by atoms with Gasteiger partial charge in [0.2, 0.25) is 0 Å². The first-order chi connectivity index (χ1) is 8.29. The van der Waals surface area contributed by atoms with Gasteiger partial charge in [0.25, 0.3) is 0 Å². The third kappa shape index (κ3) is 3.45. The second-order valence-corrected chi connectivity index (χ2v) is 4.61. The summed E-state index contributed by atoms with van der Waals surface area (Å²) >= 11 is 0. The summed E-state index contributed by atoms with van der Waals surface area (Å²) < 4.78 is 5.13. The summed E-state index contributed by atoms with van der Waals surface area (Å²) in [5.41, 5.74) is 1.29. The van der Waals surface area contributed by atoms with Crippen molar-refractivity contribution >= 4 is 0 Å². The molecule has 0 amide bonds. The van der Waals surface area contributed by atoms with Gasteiger partial charge in [0, 0.05) is 13.1 Å². The standard InChI is InChI=1S/C14H21NO2/c1-17-13-7-5-12(6-8-13)9-11-15-10-3-2-4-14(15)16/h5-8,14,16H,2-4,9-11H2,1H3. The highest BCUT2D eigenvalue weighted by Gasteiger charge is 2.18. The molecule has 1 aliphatic heterocycles. The number of nitrogens with zero attached hydrogens (tertiary/aromatic N) is 1. The molecule has 1 aliphatic rings. The summed E-state index contributed by atoms with van der Waals surface area (Å²) in [5, 5.41) is 9.84. The van der Waals surface area contributed by atoms with Gasteiger partial charge in [0.1, 0.15) is 12.0 Å².